The van der Waals surface area contributed by atoms with E-state index in [-0.39, 0.29) is 30.8 Å². The number of hydrogen-bond donors (Lipinski definition) is 1. The van der Waals surface area contributed by atoms with Crippen LogP contribution < -0.4 is 5.32 Å². The zero-order chi connectivity index (χ0) is 25.8. The van der Waals surface area contributed by atoms with E-state index in [1.165, 1.54) is 0 Å². The number of Topliss-reactive ketones (excluding diaryl/α,β-unsaturated/α-hetero) is 1. The Kier molecular flexibility index (Phi) is 7.22. The topological polar surface area (TPSA) is 38.3 Å². The van der Waals surface area contributed by atoms with Crippen LogP contribution in [0, 0.1) is 17.5 Å². The molecule has 1 aliphatic rings. The lowest BCUT2D eigenvalue weighted by Crippen LogP contribution is -2.52. The number of nitrogens with one attached hydrogen (secondary N) is 1. The average molecular weight is 502 g/mol. The van der Waals surface area contributed by atoms with Gasteiger partial charge in [0.15, 0.2) is 11.6 Å². The van der Waals surface area contributed by atoms with E-state index in [1.807, 2.05) is 91.0 Å². The molecule has 1 heterocycles. The lowest BCUT2D eigenvalue weighted by Gasteiger charge is -2.41. The molecule has 1 fully saturated rings. The number of ether oxygens (including phenoxy) is 1. The summed E-state index contributed by atoms with van der Waals surface area (Å²) in [6, 6.07) is 29.8. The maximum Gasteiger partial charge on any atom is 0.161 e. The summed E-state index contributed by atoms with van der Waals surface area (Å²) in [7, 11) is 0. The fraction of sp³-hybridized carbons (Fsp3) is 0.194. The number of halogens is 3. The quantitative estimate of drug-likeness (QED) is 0.243. The second-order valence-electron chi connectivity index (χ2n) is 9.17. The van der Waals surface area contributed by atoms with Gasteiger partial charge in [0.2, 0.25) is 0 Å². The summed E-state index contributed by atoms with van der Waals surface area (Å²) in [5.41, 5.74) is 1.60. The molecular weight excluding hydrogens is 475 g/mol. The predicted octanol–water partition coefficient (Wildman–Crippen LogP) is 6.47. The van der Waals surface area contributed by atoms with E-state index in [2.05, 4.69) is 5.32 Å². The van der Waals surface area contributed by atoms with Gasteiger partial charge in [0.05, 0.1) is 12.1 Å². The van der Waals surface area contributed by atoms with Gasteiger partial charge in [-0.1, -0.05) is 91.0 Å². The fourth-order valence-electron chi connectivity index (χ4n) is 5.15. The van der Waals surface area contributed by atoms with Crippen LogP contribution in [0.25, 0.3) is 0 Å². The second kappa shape index (κ2) is 10.7. The van der Waals surface area contributed by atoms with Gasteiger partial charge >= 0.3 is 0 Å². The molecule has 1 aliphatic heterocycles. The minimum Gasteiger partial charge on any atom is -0.371 e. The Morgan fingerprint density at radius 3 is 1.70 bits per heavy atom. The molecule has 37 heavy (non-hydrogen) atoms. The molecule has 1 N–H and O–H groups in total. The number of carbonyl (C=O) groups excluding carboxylic acids is 1. The predicted molar refractivity (Wildman–Crippen MR) is 135 cm³/mol. The van der Waals surface area contributed by atoms with Crippen molar-refractivity contribution in [2.75, 3.05) is 6.61 Å². The first-order chi connectivity index (χ1) is 18.0. The van der Waals surface area contributed by atoms with E-state index in [0.29, 0.717) is 6.07 Å². The van der Waals surface area contributed by atoms with Gasteiger partial charge < -0.3 is 4.74 Å². The molecule has 4 aromatic carbocycles. The van der Waals surface area contributed by atoms with Gasteiger partial charge in [-0.15, -0.1) is 0 Å². The summed E-state index contributed by atoms with van der Waals surface area (Å²) in [5.74, 6) is -3.43. The van der Waals surface area contributed by atoms with Crippen LogP contribution in [0.15, 0.2) is 103 Å². The molecular formula is C31H26F3NO2. The SMILES string of the molecule is O=C1CCO[C@H](c2cc(F)c(F)cc2F)[C@@H](NC(c2ccccc2)(c2ccccc2)c2ccccc2)C1. The second-order valence-corrected chi connectivity index (χ2v) is 9.17. The minimum absolute atomic E-state index is 0.0252. The van der Waals surface area contributed by atoms with E-state index in [4.69, 9.17) is 4.74 Å². The summed E-state index contributed by atoms with van der Waals surface area (Å²) in [5, 5.41) is 3.67. The van der Waals surface area contributed by atoms with Gasteiger partial charge in [-0.05, 0) is 22.8 Å². The molecule has 5 rings (SSSR count). The van der Waals surface area contributed by atoms with Crippen LogP contribution in [0.5, 0.6) is 0 Å². The summed E-state index contributed by atoms with van der Waals surface area (Å²) in [6.07, 6.45) is -0.858. The molecule has 0 bridgehead atoms. The van der Waals surface area contributed by atoms with Gasteiger partial charge in [0, 0.05) is 30.5 Å². The molecule has 0 saturated carbocycles. The molecule has 0 spiro atoms. The van der Waals surface area contributed by atoms with Crippen molar-refractivity contribution in [1.29, 1.82) is 0 Å². The van der Waals surface area contributed by atoms with E-state index in [9.17, 15) is 13.6 Å². The molecule has 0 unspecified atom stereocenters. The van der Waals surface area contributed by atoms with Crippen LogP contribution in [-0.4, -0.2) is 18.4 Å². The lowest BCUT2D eigenvalue weighted by atomic mass is 9.75. The van der Waals surface area contributed by atoms with E-state index in [1.54, 1.807) is 0 Å². The Morgan fingerprint density at radius 2 is 1.19 bits per heavy atom. The highest BCUT2D eigenvalue weighted by atomic mass is 19.2. The van der Waals surface area contributed by atoms with Crippen molar-refractivity contribution in [3.8, 4) is 0 Å². The first kappa shape index (κ1) is 24.9. The van der Waals surface area contributed by atoms with Crippen molar-refractivity contribution >= 4 is 5.78 Å². The van der Waals surface area contributed by atoms with E-state index >= 15 is 4.39 Å². The number of rotatable bonds is 6. The van der Waals surface area contributed by atoms with Gasteiger partial charge in [0.1, 0.15) is 17.7 Å². The highest BCUT2D eigenvalue weighted by Crippen LogP contribution is 2.40. The molecule has 2 atom stereocenters. The van der Waals surface area contributed by atoms with Gasteiger partial charge in [-0.2, -0.15) is 0 Å². The largest absolute Gasteiger partial charge is 0.371 e. The summed E-state index contributed by atoms with van der Waals surface area (Å²) in [4.78, 5) is 12.8. The van der Waals surface area contributed by atoms with Crippen LogP contribution >= 0.6 is 0 Å². The van der Waals surface area contributed by atoms with Crippen LogP contribution in [0.1, 0.15) is 41.2 Å². The van der Waals surface area contributed by atoms with Crippen LogP contribution in [0.2, 0.25) is 0 Å². The number of ketones is 1. The molecule has 3 nitrogen and oxygen atoms in total. The van der Waals surface area contributed by atoms with Crippen molar-refractivity contribution < 1.29 is 22.7 Å². The van der Waals surface area contributed by atoms with Crippen molar-refractivity contribution in [2.45, 2.75) is 30.5 Å². The molecule has 0 amide bonds. The molecule has 188 valence electrons. The molecule has 4 aromatic rings. The molecule has 6 heteroatoms. The van der Waals surface area contributed by atoms with Gasteiger partial charge in [-0.25, -0.2) is 13.2 Å². The highest BCUT2D eigenvalue weighted by Gasteiger charge is 2.42. The van der Waals surface area contributed by atoms with Crippen LogP contribution in [0.3, 0.4) is 0 Å². The smallest absolute Gasteiger partial charge is 0.161 e. The third-order valence-corrected chi connectivity index (χ3v) is 6.86. The van der Waals surface area contributed by atoms with Crippen molar-refractivity contribution in [3.63, 3.8) is 0 Å². The first-order valence-electron chi connectivity index (χ1n) is 12.2. The molecule has 0 aromatic heterocycles. The van der Waals surface area contributed by atoms with Crippen molar-refractivity contribution in [2.24, 2.45) is 0 Å². The Balaban J connectivity index is 1.72. The summed E-state index contributed by atoms with van der Waals surface area (Å²) < 4.78 is 49.1. The lowest BCUT2D eigenvalue weighted by molar-refractivity contribution is -0.119. The maximum absolute atomic E-state index is 15.0. The van der Waals surface area contributed by atoms with E-state index in [0.717, 1.165) is 22.8 Å². The number of carbonyl (C=O) groups is 1. The molecule has 1 saturated heterocycles. The van der Waals surface area contributed by atoms with Crippen molar-refractivity contribution in [3.05, 3.63) is 143 Å². The fourth-order valence-corrected chi connectivity index (χ4v) is 5.15. The van der Waals surface area contributed by atoms with Crippen LogP contribution in [0.4, 0.5) is 13.2 Å². The van der Waals surface area contributed by atoms with Gasteiger partial charge in [-0.3, -0.25) is 10.1 Å². The average Bonchev–Trinajstić information content (AvgIpc) is 3.11. The normalized spacial score (nSPS) is 18.4. The Bertz CT molecular complexity index is 1270. The number of hydrogen-bond acceptors (Lipinski definition) is 3. The minimum atomic E-state index is -1.28. The molecule has 0 radical (unpaired) electrons. The first-order valence-corrected chi connectivity index (χ1v) is 12.2. The highest BCUT2D eigenvalue weighted by molar-refractivity contribution is 5.79. The zero-order valence-corrected chi connectivity index (χ0v) is 20.0. The Labute approximate surface area is 213 Å². The molecule has 0 aliphatic carbocycles. The summed E-state index contributed by atoms with van der Waals surface area (Å²) in [6.45, 7) is 0.0507. The maximum atomic E-state index is 15.0. The van der Waals surface area contributed by atoms with Gasteiger partial charge in [0.25, 0.3) is 0 Å². The standard InChI is InChI=1S/C31H26F3NO2/c32-26-20-28(34)27(33)19-25(26)30-29(18-24(36)16-17-37-30)35-31(21-10-4-1-5-11-21,22-12-6-2-7-13-22)23-14-8-3-9-15-23/h1-15,19-20,29-30,35H,16-18H2/t29-,30+/m0/s1. The Morgan fingerprint density at radius 1 is 0.703 bits per heavy atom. The third kappa shape index (κ3) is 4.95. The van der Waals surface area contributed by atoms with Crippen LogP contribution in [-0.2, 0) is 15.1 Å². The summed E-state index contributed by atoms with van der Waals surface area (Å²) >= 11 is 0. The monoisotopic (exact) mass is 501 g/mol. The number of benzene rings is 4. The third-order valence-electron chi connectivity index (χ3n) is 6.86. The van der Waals surface area contributed by atoms with Crippen molar-refractivity contribution in [1.82, 2.24) is 5.32 Å². The van der Waals surface area contributed by atoms with E-state index < -0.39 is 35.1 Å². The zero-order valence-electron chi connectivity index (χ0n) is 20.0. The Hall–Kier alpha value is -3.74.